The molecule has 0 aliphatic carbocycles. The first-order chi connectivity index (χ1) is 8.48. The van der Waals surface area contributed by atoms with Gasteiger partial charge in [-0.3, -0.25) is 9.48 Å². The SMILES string of the molecule is CCC(CC)(CN)CNC(=O)c1cn(C)nc1C. The fourth-order valence-corrected chi connectivity index (χ4v) is 2.05. The molecule has 1 rings (SSSR count). The molecule has 18 heavy (non-hydrogen) atoms. The molecule has 0 saturated carbocycles. The highest BCUT2D eigenvalue weighted by atomic mass is 16.1. The first kappa shape index (κ1) is 14.7. The van der Waals surface area contributed by atoms with Gasteiger partial charge < -0.3 is 11.1 Å². The number of rotatable bonds is 6. The number of hydrogen-bond donors (Lipinski definition) is 2. The normalized spacial score (nSPS) is 11.6. The molecule has 0 unspecified atom stereocenters. The van der Waals surface area contributed by atoms with Crippen molar-refractivity contribution < 1.29 is 4.79 Å². The molecule has 0 radical (unpaired) electrons. The van der Waals surface area contributed by atoms with E-state index in [4.69, 9.17) is 5.73 Å². The van der Waals surface area contributed by atoms with Gasteiger partial charge in [-0.15, -0.1) is 0 Å². The molecular weight excluding hydrogens is 228 g/mol. The van der Waals surface area contributed by atoms with Crippen LogP contribution >= 0.6 is 0 Å². The molecule has 1 aromatic heterocycles. The number of aromatic nitrogens is 2. The van der Waals surface area contributed by atoms with Gasteiger partial charge in [-0.05, 0) is 31.7 Å². The van der Waals surface area contributed by atoms with Crippen molar-refractivity contribution in [3.05, 3.63) is 17.5 Å². The summed E-state index contributed by atoms with van der Waals surface area (Å²) in [6.07, 6.45) is 3.67. The lowest BCUT2D eigenvalue weighted by molar-refractivity contribution is 0.0927. The average Bonchev–Trinajstić information content (AvgIpc) is 2.70. The molecule has 0 aliphatic rings. The van der Waals surface area contributed by atoms with Gasteiger partial charge in [0.15, 0.2) is 0 Å². The third kappa shape index (κ3) is 3.10. The second-order valence-corrected chi connectivity index (χ2v) is 4.90. The fraction of sp³-hybridized carbons (Fsp3) is 0.692. The smallest absolute Gasteiger partial charge is 0.254 e. The fourth-order valence-electron chi connectivity index (χ4n) is 2.05. The molecule has 5 nitrogen and oxygen atoms in total. The monoisotopic (exact) mass is 252 g/mol. The van der Waals surface area contributed by atoms with Crippen molar-refractivity contribution in [2.45, 2.75) is 33.6 Å². The first-order valence-corrected chi connectivity index (χ1v) is 6.46. The maximum Gasteiger partial charge on any atom is 0.254 e. The summed E-state index contributed by atoms with van der Waals surface area (Å²) in [5.41, 5.74) is 7.21. The highest BCUT2D eigenvalue weighted by molar-refractivity contribution is 5.95. The van der Waals surface area contributed by atoms with Gasteiger partial charge in [0.25, 0.3) is 5.91 Å². The van der Waals surface area contributed by atoms with Gasteiger partial charge in [0.1, 0.15) is 0 Å². The molecule has 1 aromatic rings. The average molecular weight is 252 g/mol. The van der Waals surface area contributed by atoms with Crippen LogP contribution in [-0.2, 0) is 7.05 Å². The first-order valence-electron chi connectivity index (χ1n) is 6.46. The van der Waals surface area contributed by atoms with Crippen LogP contribution in [0.15, 0.2) is 6.20 Å². The maximum absolute atomic E-state index is 12.1. The van der Waals surface area contributed by atoms with E-state index in [9.17, 15) is 4.79 Å². The van der Waals surface area contributed by atoms with Crippen molar-refractivity contribution in [1.29, 1.82) is 0 Å². The van der Waals surface area contributed by atoms with Gasteiger partial charge >= 0.3 is 0 Å². The lowest BCUT2D eigenvalue weighted by Crippen LogP contribution is -2.41. The number of nitrogens with zero attached hydrogens (tertiary/aromatic N) is 2. The highest BCUT2D eigenvalue weighted by Gasteiger charge is 2.25. The highest BCUT2D eigenvalue weighted by Crippen LogP contribution is 2.23. The van der Waals surface area contributed by atoms with Crippen molar-refractivity contribution in [3.63, 3.8) is 0 Å². The lowest BCUT2D eigenvalue weighted by Gasteiger charge is -2.30. The Kier molecular flexibility index (Phi) is 4.90. The summed E-state index contributed by atoms with van der Waals surface area (Å²) in [5.74, 6) is -0.0691. The number of amides is 1. The summed E-state index contributed by atoms with van der Waals surface area (Å²) in [5, 5.41) is 7.14. The molecule has 0 bridgehead atoms. The summed E-state index contributed by atoms with van der Waals surface area (Å²) in [4.78, 5) is 12.1. The van der Waals surface area contributed by atoms with Gasteiger partial charge in [-0.1, -0.05) is 13.8 Å². The molecule has 0 aromatic carbocycles. The van der Waals surface area contributed by atoms with E-state index >= 15 is 0 Å². The van der Waals surface area contributed by atoms with Crippen molar-refractivity contribution in [3.8, 4) is 0 Å². The van der Waals surface area contributed by atoms with Crippen molar-refractivity contribution in [2.75, 3.05) is 13.1 Å². The molecule has 102 valence electrons. The molecule has 0 aliphatic heterocycles. The largest absolute Gasteiger partial charge is 0.351 e. The molecule has 5 heteroatoms. The van der Waals surface area contributed by atoms with E-state index in [1.165, 1.54) is 0 Å². The summed E-state index contributed by atoms with van der Waals surface area (Å²) in [7, 11) is 1.81. The number of nitrogens with two attached hydrogens (primary N) is 1. The van der Waals surface area contributed by atoms with Crippen LogP contribution in [0.2, 0.25) is 0 Å². The Labute approximate surface area is 109 Å². The zero-order valence-corrected chi connectivity index (χ0v) is 11.8. The minimum Gasteiger partial charge on any atom is -0.351 e. The van der Waals surface area contributed by atoms with E-state index in [1.807, 2.05) is 14.0 Å². The van der Waals surface area contributed by atoms with Gasteiger partial charge in [0, 0.05) is 19.8 Å². The van der Waals surface area contributed by atoms with Gasteiger partial charge in [-0.2, -0.15) is 5.10 Å². The van der Waals surface area contributed by atoms with Crippen molar-refractivity contribution in [1.82, 2.24) is 15.1 Å². The second-order valence-electron chi connectivity index (χ2n) is 4.90. The van der Waals surface area contributed by atoms with Gasteiger partial charge in [0.2, 0.25) is 0 Å². The van der Waals surface area contributed by atoms with Crippen LogP contribution in [0.1, 0.15) is 42.7 Å². The molecule has 1 heterocycles. The van der Waals surface area contributed by atoms with Gasteiger partial charge in [-0.25, -0.2) is 0 Å². The standard InChI is InChI=1S/C13H24N4O/c1-5-13(6-2,8-14)9-15-12(18)11-7-17(4)16-10(11)3/h7H,5-6,8-9,14H2,1-4H3,(H,15,18). The van der Waals surface area contributed by atoms with Crippen molar-refractivity contribution >= 4 is 5.91 Å². The zero-order valence-electron chi connectivity index (χ0n) is 11.8. The predicted molar refractivity (Wildman–Crippen MR) is 72.3 cm³/mol. The number of hydrogen-bond acceptors (Lipinski definition) is 3. The van der Waals surface area contributed by atoms with Crippen LogP contribution in [0.5, 0.6) is 0 Å². The molecule has 1 amide bonds. The molecular formula is C13H24N4O. The van der Waals surface area contributed by atoms with Gasteiger partial charge in [0.05, 0.1) is 11.3 Å². The van der Waals surface area contributed by atoms with E-state index in [0.717, 1.165) is 18.5 Å². The Morgan fingerprint density at radius 2 is 2.11 bits per heavy atom. The van der Waals surface area contributed by atoms with E-state index in [-0.39, 0.29) is 11.3 Å². The number of carbonyl (C=O) groups excluding carboxylic acids is 1. The van der Waals surface area contributed by atoms with Crippen LogP contribution in [-0.4, -0.2) is 28.8 Å². The van der Waals surface area contributed by atoms with Crippen LogP contribution in [0.4, 0.5) is 0 Å². The number of nitrogens with one attached hydrogen (secondary N) is 1. The predicted octanol–water partition coefficient (Wildman–Crippen LogP) is 1.22. The quantitative estimate of drug-likeness (QED) is 0.799. The number of aryl methyl sites for hydroxylation is 2. The van der Waals surface area contributed by atoms with Crippen LogP contribution in [0.3, 0.4) is 0 Å². The Bertz CT molecular complexity index is 399. The maximum atomic E-state index is 12.1. The van der Waals surface area contributed by atoms with E-state index in [0.29, 0.717) is 18.7 Å². The van der Waals surface area contributed by atoms with E-state index in [2.05, 4.69) is 24.3 Å². The third-order valence-electron chi connectivity index (χ3n) is 3.82. The Balaban J connectivity index is 2.69. The summed E-state index contributed by atoms with van der Waals surface area (Å²) >= 11 is 0. The number of carbonyl (C=O) groups is 1. The topological polar surface area (TPSA) is 72.9 Å². The minimum absolute atomic E-state index is 0.00573. The Morgan fingerprint density at radius 1 is 1.50 bits per heavy atom. The summed E-state index contributed by atoms with van der Waals surface area (Å²) in [6.45, 7) is 7.26. The third-order valence-corrected chi connectivity index (χ3v) is 3.82. The Hall–Kier alpha value is -1.36. The molecule has 3 N–H and O–H groups in total. The van der Waals surface area contributed by atoms with Crippen LogP contribution < -0.4 is 11.1 Å². The van der Waals surface area contributed by atoms with Crippen molar-refractivity contribution in [2.24, 2.45) is 18.2 Å². The van der Waals surface area contributed by atoms with E-state index in [1.54, 1.807) is 10.9 Å². The lowest BCUT2D eigenvalue weighted by atomic mass is 9.82. The summed E-state index contributed by atoms with van der Waals surface area (Å²) < 4.78 is 1.65. The van der Waals surface area contributed by atoms with E-state index < -0.39 is 0 Å². The zero-order chi connectivity index (χ0) is 13.8. The summed E-state index contributed by atoms with van der Waals surface area (Å²) in [6, 6.07) is 0. The second kappa shape index (κ2) is 6.00. The molecule has 0 saturated heterocycles. The molecule has 0 fully saturated rings. The van der Waals surface area contributed by atoms with Crippen LogP contribution in [0.25, 0.3) is 0 Å². The Morgan fingerprint density at radius 3 is 2.50 bits per heavy atom. The molecule has 0 atom stereocenters. The minimum atomic E-state index is -0.0691. The molecule has 0 spiro atoms. The van der Waals surface area contributed by atoms with Crippen LogP contribution in [0, 0.1) is 12.3 Å².